The van der Waals surface area contributed by atoms with E-state index in [1.165, 1.54) is 6.42 Å². The number of hydrogen-bond acceptors (Lipinski definition) is 2. The van der Waals surface area contributed by atoms with Crippen LogP contribution in [0.5, 0.6) is 0 Å². The molecule has 1 atom stereocenters. The number of likely N-dealkylation sites (tertiary alicyclic amines) is 1. The lowest BCUT2D eigenvalue weighted by molar-refractivity contribution is 0.0635. The highest BCUT2D eigenvalue weighted by Gasteiger charge is 2.23. The number of benzene rings is 1. The van der Waals surface area contributed by atoms with E-state index in [2.05, 4.69) is 13.0 Å². The zero-order chi connectivity index (χ0) is 12.3. The smallest absolute Gasteiger partial charge is 0.254 e. The van der Waals surface area contributed by atoms with E-state index in [-0.39, 0.29) is 5.91 Å². The molecule has 1 aliphatic rings. The van der Waals surface area contributed by atoms with Crippen molar-refractivity contribution in [3.05, 3.63) is 35.4 Å². The first-order chi connectivity index (χ1) is 8.22. The van der Waals surface area contributed by atoms with E-state index < -0.39 is 0 Å². The van der Waals surface area contributed by atoms with Crippen LogP contribution < -0.4 is 0 Å². The summed E-state index contributed by atoms with van der Waals surface area (Å²) in [5, 5.41) is 8.71. The van der Waals surface area contributed by atoms with Gasteiger partial charge < -0.3 is 4.90 Å². The first-order valence-electron chi connectivity index (χ1n) is 6.03. The molecule has 0 radical (unpaired) electrons. The van der Waals surface area contributed by atoms with E-state index in [0.717, 1.165) is 19.4 Å². The number of rotatable bonds is 1. The summed E-state index contributed by atoms with van der Waals surface area (Å²) < 4.78 is 0. The molecule has 0 saturated carbocycles. The summed E-state index contributed by atoms with van der Waals surface area (Å²) in [6.45, 7) is 2.95. The second-order valence-electron chi connectivity index (χ2n) is 4.53. The molecule has 1 saturated heterocycles. The van der Waals surface area contributed by atoms with Crippen LogP contribution in [0.25, 0.3) is 0 Å². The number of nitrogens with zero attached hydrogens (tertiary/aromatic N) is 2. The third-order valence-corrected chi connectivity index (χ3v) is 3.32. The molecule has 17 heavy (non-hydrogen) atoms. The minimum atomic E-state index is 0.0849. The van der Waals surface area contributed by atoms with Gasteiger partial charge >= 0.3 is 0 Å². The van der Waals surface area contributed by atoms with Gasteiger partial charge in [-0.25, -0.2) is 0 Å². The van der Waals surface area contributed by atoms with Crippen molar-refractivity contribution < 1.29 is 4.79 Å². The third-order valence-electron chi connectivity index (χ3n) is 3.32. The molecule has 0 spiro atoms. The summed E-state index contributed by atoms with van der Waals surface area (Å²) in [5.74, 6) is 0.0849. The summed E-state index contributed by atoms with van der Waals surface area (Å²) in [7, 11) is 0. The molecule has 0 bridgehead atoms. The van der Waals surface area contributed by atoms with Crippen LogP contribution in [-0.2, 0) is 0 Å². The van der Waals surface area contributed by atoms with Crippen LogP contribution in [0, 0.1) is 11.3 Å². The predicted octanol–water partition coefficient (Wildman–Crippen LogP) is 2.57. The van der Waals surface area contributed by atoms with Crippen LogP contribution in [0.4, 0.5) is 0 Å². The lowest BCUT2D eigenvalue weighted by atomic mass is 10.0. The van der Waals surface area contributed by atoms with E-state index in [1.807, 2.05) is 4.90 Å². The van der Waals surface area contributed by atoms with Crippen LogP contribution in [0.2, 0.25) is 0 Å². The number of hydrogen-bond donors (Lipinski definition) is 0. The molecular formula is C14H16N2O. The third kappa shape index (κ3) is 2.47. The molecule has 1 amide bonds. The second kappa shape index (κ2) is 5.01. The van der Waals surface area contributed by atoms with Gasteiger partial charge in [-0.1, -0.05) is 0 Å². The van der Waals surface area contributed by atoms with Crippen LogP contribution in [0.1, 0.15) is 42.1 Å². The van der Waals surface area contributed by atoms with Crippen LogP contribution in [0.3, 0.4) is 0 Å². The van der Waals surface area contributed by atoms with Crippen LogP contribution in [-0.4, -0.2) is 23.4 Å². The Hall–Kier alpha value is -1.82. The molecule has 0 N–H and O–H groups in total. The Morgan fingerprint density at radius 1 is 1.35 bits per heavy atom. The van der Waals surface area contributed by atoms with Gasteiger partial charge in [0.25, 0.3) is 5.91 Å². The molecule has 88 valence electrons. The molecule has 1 unspecified atom stereocenters. The highest BCUT2D eigenvalue weighted by Crippen LogP contribution is 2.19. The largest absolute Gasteiger partial charge is 0.336 e. The zero-order valence-electron chi connectivity index (χ0n) is 10.0. The first-order valence-corrected chi connectivity index (χ1v) is 6.03. The van der Waals surface area contributed by atoms with Crippen molar-refractivity contribution in [2.75, 3.05) is 6.54 Å². The van der Waals surface area contributed by atoms with Crippen molar-refractivity contribution in [2.24, 2.45) is 0 Å². The van der Waals surface area contributed by atoms with E-state index in [9.17, 15) is 4.79 Å². The summed E-state index contributed by atoms with van der Waals surface area (Å²) in [6.07, 6.45) is 3.38. The van der Waals surface area contributed by atoms with Crippen molar-refractivity contribution in [1.82, 2.24) is 4.90 Å². The number of nitriles is 1. The summed E-state index contributed by atoms with van der Waals surface area (Å²) in [4.78, 5) is 14.2. The van der Waals surface area contributed by atoms with Crippen molar-refractivity contribution in [3.8, 4) is 6.07 Å². The van der Waals surface area contributed by atoms with Gasteiger partial charge in [-0.2, -0.15) is 5.26 Å². The highest BCUT2D eigenvalue weighted by atomic mass is 16.2. The maximum atomic E-state index is 12.3. The fourth-order valence-electron chi connectivity index (χ4n) is 2.25. The Kier molecular flexibility index (Phi) is 3.43. The highest BCUT2D eigenvalue weighted by molar-refractivity contribution is 5.94. The maximum Gasteiger partial charge on any atom is 0.254 e. The van der Waals surface area contributed by atoms with Crippen molar-refractivity contribution >= 4 is 5.91 Å². The Bertz CT molecular complexity index is 444. The number of carbonyl (C=O) groups excluding carboxylic acids is 1. The Morgan fingerprint density at radius 3 is 2.65 bits per heavy atom. The molecule has 1 aromatic carbocycles. The van der Waals surface area contributed by atoms with Crippen molar-refractivity contribution in [3.63, 3.8) is 0 Å². The summed E-state index contributed by atoms with van der Waals surface area (Å²) >= 11 is 0. The van der Waals surface area contributed by atoms with Gasteiger partial charge in [0.05, 0.1) is 11.6 Å². The molecular weight excluding hydrogens is 212 g/mol. The molecule has 3 heteroatoms. The Balaban J connectivity index is 2.15. The number of carbonyl (C=O) groups is 1. The second-order valence-corrected chi connectivity index (χ2v) is 4.53. The van der Waals surface area contributed by atoms with Crippen molar-refractivity contribution in [2.45, 2.75) is 32.2 Å². The fourth-order valence-corrected chi connectivity index (χ4v) is 2.25. The van der Waals surface area contributed by atoms with E-state index in [1.54, 1.807) is 24.3 Å². The Morgan fingerprint density at radius 2 is 2.06 bits per heavy atom. The lowest BCUT2D eigenvalue weighted by Crippen LogP contribution is -2.41. The topological polar surface area (TPSA) is 44.1 Å². The molecule has 1 fully saturated rings. The average molecular weight is 228 g/mol. The van der Waals surface area contributed by atoms with E-state index in [4.69, 9.17) is 5.26 Å². The van der Waals surface area contributed by atoms with Gasteiger partial charge in [0, 0.05) is 18.2 Å². The standard InChI is InChI=1S/C14H16N2O/c1-11-4-2-3-9-16(11)14(17)13-7-5-12(10-15)6-8-13/h5-8,11H,2-4,9H2,1H3. The normalized spacial score (nSPS) is 19.8. The summed E-state index contributed by atoms with van der Waals surface area (Å²) in [5.41, 5.74) is 1.27. The zero-order valence-corrected chi connectivity index (χ0v) is 10.0. The molecule has 3 nitrogen and oxygen atoms in total. The van der Waals surface area contributed by atoms with Gasteiger partial charge in [-0.15, -0.1) is 0 Å². The number of piperidine rings is 1. The van der Waals surface area contributed by atoms with Crippen molar-refractivity contribution in [1.29, 1.82) is 5.26 Å². The lowest BCUT2D eigenvalue weighted by Gasteiger charge is -2.33. The van der Waals surface area contributed by atoms with Gasteiger partial charge in [0.2, 0.25) is 0 Å². The molecule has 1 heterocycles. The Labute approximate surface area is 102 Å². The van der Waals surface area contributed by atoms with Gasteiger partial charge in [-0.3, -0.25) is 4.79 Å². The molecule has 1 aromatic rings. The first kappa shape index (κ1) is 11.7. The van der Waals surface area contributed by atoms with Gasteiger partial charge in [0.1, 0.15) is 0 Å². The monoisotopic (exact) mass is 228 g/mol. The SMILES string of the molecule is CC1CCCCN1C(=O)c1ccc(C#N)cc1. The molecule has 0 aliphatic carbocycles. The van der Waals surface area contributed by atoms with E-state index >= 15 is 0 Å². The molecule has 2 rings (SSSR count). The van der Waals surface area contributed by atoms with Gasteiger partial charge in [0.15, 0.2) is 0 Å². The number of amides is 1. The molecule has 0 aromatic heterocycles. The molecule has 1 aliphatic heterocycles. The fraction of sp³-hybridized carbons (Fsp3) is 0.429. The predicted molar refractivity (Wildman–Crippen MR) is 65.5 cm³/mol. The maximum absolute atomic E-state index is 12.3. The van der Waals surface area contributed by atoms with Crippen LogP contribution in [0.15, 0.2) is 24.3 Å². The van der Waals surface area contributed by atoms with Gasteiger partial charge in [-0.05, 0) is 50.5 Å². The minimum absolute atomic E-state index is 0.0849. The van der Waals surface area contributed by atoms with Crippen LogP contribution >= 0.6 is 0 Å². The quantitative estimate of drug-likeness (QED) is 0.741. The van der Waals surface area contributed by atoms with E-state index in [0.29, 0.717) is 17.2 Å². The summed E-state index contributed by atoms with van der Waals surface area (Å²) in [6, 6.07) is 9.25. The average Bonchev–Trinajstić information content (AvgIpc) is 2.39. The minimum Gasteiger partial charge on any atom is -0.336 e.